The number of carbonyl (C=O) groups is 1. The molecule has 17 heavy (non-hydrogen) atoms. The first-order valence-corrected chi connectivity index (χ1v) is 6.55. The molecule has 102 valence electrons. The Kier molecular flexibility index (Phi) is 8.17. The molecule has 1 atom stereocenters. The summed E-state index contributed by atoms with van der Waals surface area (Å²) in [6.07, 6.45) is 0. The summed E-state index contributed by atoms with van der Waals surface area (Å²) in [5.74, 6) is 0.560. The van der Waals surface area contributed by atoms with E-state index in [1.807, 2.05) is 6.92 Å². The van der Waals surface area contributed by atoms with Gasteiger partial charge < -0.3 is 15.5 Å². The predicted molar refractivity (Wildman–Crippen MR) is 73.1 cm³/mol. The lowest BCUT2D eigenvalue weighted by Gasteiger charge is -2.21. The van der Waals surface area contributed by atoms with E-state index in [4.69, 9.17) is 0 Å². The molecule has 4 heteroatoms. The molecule has 1 amide bonds. The lowest BCUT2D eigenvalue weighted by molar-refractivity contribution is -0.121. The van der Waals surface area contributed by atoms with E-state index in [9.17, 15) is 4.79 Å². The van der Waals surface area contributed by atoms with Gasteiger partial charge in [0.2, 0.25) is 5.91 Å². The van der Waals surface area contributed by atoms with Crippen LogP contribution in [-0.4, -0.2) is 49.6 Å². The summed E-state index contributed by atoms with van der Waals surface area (Å²) in [5.41, 5.74) is 0. The van der Waals surface area contributed by atoms with E-state index < -0.39 is 0 Å². The standard InChI is InChI=1S/C13H29N3O/c1-10(2)12(5)15-13(17)9-14-7-8-16(6)11(3)4/h10-12,14H,7-9H2,1-6H3,(H,15,17). The van der Waals surface area contributed by atoms with Crippen LogP contribution in [0, 0.1) is 5.92 Å². The first-order valence-electron chi connectivity index (χ1n) is 6.55. The van der Waals surface area contributed by atoms with Gasteiger partial charge in [-0.1, -0.05) is 13.8 Å². The van der Waals surface area contributed by atoms with Crippen LogP contribution in [0.15, 0.2) is 0 Å². The fraction of sp³-hybridized carbons (Fsp3) is 0.923. The average molecular weight is 243 g/mol. The van der Waals surface area contributed by atoms with Crippen LogP contribution in [0.25, 0.3) is 0 Å². The Hall–Kier alpha value is -0.610. The molecule has 0 aliphatic carbocycles. The van der Waals surface area contributed by atoms with E-state index in [1.165, 1.54) is 0 Å². The van der Waals surface area contributed by atoms with Crippen LogP contribution >= 0.6 is 0 Å². The van der Waals surface area contributed by atoms with E-state index in [-0.39, 0.29) is 11.9 Å². The maximum Gasteiger partial charge on any atom is 0.234 e. The number of likely N-dealkylation sites (N-methyl/N-ethyl adjacent to an activating group) is 1. The van der Waals surface area contributed by atoms with Crippen LogP contribution in [0.3, 0.4) is 0 Å². The molecule has 0 aromatic heterocycles. The molecule has 0 aliphatic heterocycles. The van der Waals surface area contributed by atoms with Crippen molar-refractivity contribution < 1.29 is 4.79 Å². The third-order valence-electron chi connectivity index (χ3n) is 3.20. The summed E-state index contributed by atoms with van der Waals surface area (Å²) in [4.78, 5) is 13.8. The molecule has 0 rings (SSSR count). The number of nitrogens with zero attached hydrogens (tertiary/aromatic N) is 1. The van der Waals surface area contributed by atoms with Crippen LogP contribution in [0.2, 0.25) is 0 Å². The highest BCUT2D eigenvalue weighted by Gasteiger charge is 2.10. The van der Waals surface area contributed by atoms with E-state index in [0.717, 1.165) is 13.1 Å². The highest BCUT2D eigenvalue weighted by molar-refractivity contribution is 5.78. The van der Waals surface area contributed by atoms with E-state index in [1.54, 1.807) is 0 Å². The van der Waals surface area contributed by atoms with E-state index in [0.29, 0.717) is 18.5 Å². The number of nitrogens with one attached hydrogen (secondary N) is 2. The molecule has 0 spiro atoms. The van der Waals surface area contributed by atoms with Crippen molar-refractivity contribution in [1.82, 2.24) is 15.5 Å². The van der Waals surface area contributed by atoms with Gasteiger partial charge in [-0.15, -0.1) is 0 Å². The third kappa shape index (κ3) is 8.16. The highest BCUT2D eigenvalue weighted by atomic mass is 16.1. The van der Waals surface area contributed by atoms with Crippen molar-refractivity contribution >= 4 is 5.91 Å². The topological polar surface area (TPSA) is 44.4 Å². The third-order valence-corrected chi connectivity index (χ3v) is 3.20. The van der Waals surface area contributed by atoms with Crippen LogP contribution in [0.1, 0.15) is 34.6 Å². The molecule has 1 unspecified atom stereocenters. The van der Waals surface area contributed by atoms with Gasteiger partial charge in [0.15, 0.2) is 0 Å². The van der Waals surface area contributed by atoms with Crippen LogP contribution < -0.4 is 10.6 Å². The van der Waals surface area contributed by atoms with E-state index >= 15 is 0 Å². The van der Waals surface area contributed by atoms with Crippen molar-refractivity contribution in [2.24, 2.45) is 5.92 Å². The van der Waals surface area contributed by atoms with Gasteiger partial charge in [0.25, 0.3) is 0 Å². The van der Waals surface area contributed by atoms with Crippen LogP contribution in [-0.2, 0) is 4.79 Å². The minimum Gasteiger partial charge on any atom is -0.352 e. The number of rotatable bonds is 8. The lowest BCUT2D eigenvalue weighted by atomic mass is 10.1. The molecule has 0 aromatic rings. The normalized spacial score (nSPS) is 13.5. The molecule has 0 bridgehead atoms. The van der Waals surface area contributed by atoms with Crippen molar-refractivity contribution in [3.8, 4) is 0 Å². The highest BCUT2D eigenvalue weighted by Crippen LogP contribution is 1.98. The molecule has 2 N–H and O–H groups in total. The molecule has 0 saturated carbocycles. The zero-order valence-corrected chi connectivity index (χ0v) is 12.2. The summed E-state index contributed by atoms with van der Waals surface area (Å²) in [7, 11) is 2.09. The van der Waals surface area contributed by atoms with Crippen LogP contribution in [0.5, 0.6) is 0 Å². The Morgan fingerprint density at radius 3 is 2.24 bits per heavy atom. The van der Waals surface area contributed by atoms with Crippen molar-refractivity contribution in [3.05, 3.63) is 0 Å². The number of amides is 1. The fourth-order valence-corrected chi connectivity index (χ4v) is 1.19. The SMILES string of the molecule is CC(C)C(C)NC(=O)CNCCN(C)C(C)C. The summed E-state index contributed by atoms with van der Waals surface area (Å²) in [6.45, 7) is 12.8. The van der Waals surface area contributed by atoms with Crippen molar-refractivity contribution in [2.45, 2.75) is 46.7 Å². The van der Waals surface area contributed by atoms with Gasteiger partial charge in [-0.05, 0) is 33.7 Å². The maximum atomic E-state index is 11.5. The summed E-state index contributed by atoms with van der Waals surface area (Å²) in [5, 5.41) is 6.14. The molecular weight excluding hydrogens is 214 g/mol. The second kappa shape index (κ2) is 8.48. The molecular formula is C13H29N3O. The Morgan fingerprint density at radius 2 is 1.76 bits per heavy atom. The number of hydrogen-bond acceptors (Lipinski definition) is 3. The van der Waals surface area contributed by atoms with Crippen molar-refractivity contribution in [1.29, 1.82) is 0 Å². The Morgan fingerprint density at radius 1 is 1.18 bits per heavy atom. The minimum absolute atomic E-state index is 0.0819. The zero-order chi connectivity index (χ0) is 13.4. The second-order valence-corrected chi connectivity index (χ2v) is 5.35. The molecule has 0 radical (unpaired) electrons. The molecule has 0 aliphatic rings. The van der Waals surface area contributed by atoms with E-state index in [2.05, 4.69) is 50.3 Å². The molecule has 4 nitrogen and oxygen atoms in total. The predicted octanol–water partition coefficient (Wildman–Crippen LogP) is 1.08. The summed E-state index contributed by atoms with van der Waals surface area (Å²) >= 11 is 0. The van der Waals surface area contributed by atoms with Gasteiger partial charge in [-0.3, -0.25) is 4.79 Å². The largest absolute Gasteiger partial charge is 0.352 e. The van der Waals surface area contributed by atoms with Gasteiger partial charge in [-0.25, -0.2) is 0 Å². The Labute approximate surface area is 106 Å². The Bertz CT molecular complexity index is 217. The van der Waals surface area contributed by atoms with Gasteiger partial charge in [0.1, 0.15) is 0 Å². The zero-order valence-electron chi connectivity index (χ0n) is 12.2. The number of carbonyl (C=O) groups excluding carboxylic acids is 1. The minimum atomic E-state index is 0.0819. The van der Waals surface area contributed by atoms with Crippen LogP contribution in [0.4, 0.5) is 0 Å². The summed E-state index contributed by atoms with van der Waals surface area (Å²) < 4.78 is 0. The van der Waals surface area contributed by atoms with Gasteiger partial charge in [-0.2, -0.15) is 0 Å². The van der Waals surface area contributed by atoms with Crippen molar-refractivity contribution in [3.63, 3.8) is 0 Å². The van der Waals surface area contributed by atoms with Crippen molar-refractivity contribution in [2.75, 3.05) is 26.7 Å². The Balaban J connectivity index is 3.59. The number of hydrogen-bond donors (Lipinski definition) is 2. The molecule has 0 fully saturated rings. The second-order valence-electron chi connectivity index (χ2n) is 5.35. The quantitative estimate of drug-likeness (QED) is 0.627. The van der Waals surface area contributed by atoms with Gasteiger partial charge >= 0.3 is 0 Å². The molecule has 0 heterocycles. The van der Waals surface area contributed by atoms with Gasteiger partial charge in [0, 0.05) is 25.2 Å². The maximum absolute atomic E-state index is 11.5. The monoisotopic (exact) mass is 243 g/mol. The molecule has 0 aromatic carbocycles. The lowest BCUT2D eigenvalue weighted by Crippen LogP contribution is -2.43. The molecule has 0 saturated heterocycles. The first kappa shape index (κ1) is 16.4. The average Bonchev–Trinajstić information content (AvgIpc) is 2.23. The summed E-state index contributed by atoms with van der Waals surface area (Å²) in [6, 6.07) is 0.786. The van der Waals surface area contributed by atoms with Gasteiger partial charge in [0.05, 0.1) is 6.54 Å². The first-order chi connectivity index (χ1) is 7.84. The fourth-order valence-electron chi connectivity index (χ4n) is 1.19. The smallest absolute Gasteiger partial charge is 0.234 e.